The molecule has 17 heavy (non-hydrogen) atoms. The van der Waals surface area contributed by atoms with Gasteiger partial charge in [0.05, 0.1) is 0 Å². The third kappa shape index (κ3) is 2.15. The number of rotatable bonds is 2. The predicted octanol–water partition coefficient (Wildman–Crippen LogP) is 0.356. The van der Waals surface area contributed by atoms with Crippen molar-refractivity contribution < 1.29 is 19.2 Å². The van der Waals surface area contributed by atoms with Crippen molar-refractivity contribution in [3.8, 4) is 0 Å². The van der Waals surface area contributed by atoms with Crippen molar-refractivity contribution in [2.24, 2.45) is 5.92 Å². The van der Waals surface area contributed by atoms with E-state index in [1.54, 1.807) is 12.2 Å². The Labute approximate surface area is 97.0 Å². The quantitative estimate of drug-likeness (QED) is 0.698. The SMILES string of the molecule is N=C1C=CC=CC1C(=O)ON1C(=O)CCC1=O. The number of allylic oxidation sites excluding steroid dienone is 3. The molecule has 2 rings (SSSR count). The van der Waals surface area contributed by atoms with Gasteiger partial charge in [-0.2, -0.15) is 0 Å². The van der Waals surface area contributed by atoms with Crippen LogP contribution < -0.4 is 0 Å². The minimum Gasteiger partial charge on any atom is -0.329 e. The lowest BCUT2D eigenvalue weighted by atomic mass is 9.99. The number of imide groups is 1. The Morgan fingerprint density at radius 3 is 2.53 bits per heavy atom. The summed E-state index contributed by atoms with van der Waals surface area (Å²) in [6.07, 6.45) is 6.29. The molecule has 0 spiro atoms. The summed E-state index contributed by atoms with van der Waals surface area (Å²) in [6.45, 7) is 0. The minimum absolute atomic E-state index is 0.0595. The molecule has 0 saturated carbocycles. The van der Waals surface area contributed by atoms with Crippen molar-refractivity contribution in [1.29, 1.82) is 5.41 Å². The van der Waals surface area contributed by atoms with Gasteiger partial charge in [-0.3, -0.25) is 9.59 Å². The number of nitrogens with zero attached hydrogens (tertiary/aromatic N) is 1. The van der Waals surface area contributed by atoms with Gasteiger partial charge in [0, 0.05) is 18.6 Å². The summed E-state index contributed by atoms with van der Waals surface area (Å²) in [4.78, 5) is 38.8. The molecule has 0 aromatic carbocycles. The zero-order valence-electron chi connectivity index (χ0n) is 8.88. The van der Waals surface area contributed by atoms with Crippen molar-refractivity contribution >= 4 is 23.5 Å². The maximum atomic E-state index is 11.7. The lowest BCUT2D eigenvalue weighted by molar-refractivity contribution is -0.198. The van der Waals surface area contributed by atoms with Crippen molar-refractivity contribution in [2.45, 2.75) is 12.8 Å². The average Bonchev–Trinajstić information content (AvgIpc) is 2.61. The van der Waals surface area contributed by atoms with Gasteiger partial charge in [-0.25, -0.2) is 4.79 Å². The van der Waals surface area contributed by atoms with E-state index in [1.807, 2.05) is 0 Å². The van der Waals surface area contributed by atoms with Crippen LogP contribution in [0.5, 0.6) is 0 Å². The van der Waals surface area contributed by atoms with Crippen molar-refractivity contribution in [1.82, 2.24) is 5.06 Å². The second-order valence-corrected chi connectivity index (χ2v) is 3.67. The van der Waals surface area contributed by atoms with Crippen LogP contribution in [0.25, 0.3) is 0 Å². The van der Waals surface area contributed by atoms with Crippen LogP contribution in [0.2, 0.25) is 0 Å². The predicted molar refractivity (Wildman–Crippen MR) is 56.7 cm³/mol. The molecule has 6 nitrogen and oxygen atoms in total. The first-order valence-corrected chi connectivity index (χ1v) is 5.10. The smallest absolute Gasteiger partial charge is 0.329 e. The molecule has 0 aromatic rings. The summed E-state index contributed by atoms with van der Waals surface area (Å²) < 4.78 is 0. The molecule has 1 aliphatic heterocycles. The first kappa shape index (κ1) is 11.3. The Balaban J connectivity index is 2.04. The van der Waals surface area contributed by atoms with Crippen LogP contribution in [-0.2, 0) is 19.2 Å². The van der Waals surface area contributed by atoms with Gasteiger partial charge < -0.3 is 10.2 Å². The van der Waals surface area contributed by atoms with Gasteiger partial charge in [0.2, 0.25) is 0 Å². The van der Waals surface area contributed by atoms with E-state index in [9.17, 15) is 14.4 Å². The standard InChI is InChI=1S/C11H10N2O4/c12-8-4-2-1-3-7(8)11(16)17-13-9(14)5-6-10(13)15/h1-4,7,12H,5-6H2. The molecule has 1 fully saturated rings. The first-order chi connectivity index (χ1) is 8.09. The fraction of sp³-hybridized carbons (Fsp3) is 0.273. The molecule has 0 bridgehead atoms. The first-order valence-electron chi connectivity index (χ1n) is 5.10. The summed E-state index contributed by atoms with van der Waals surface area (Å²) in [7, 11) is 0. The van der Waals surface area contributed by atoms with Crippen molar-refractivity contribution in [2.75, 3.05) is 0 Å². The second-order valence-electron chi connectivity index (χ2n) is 3.67. The van der Waals surface area contributed by atoms with Gasteiger partial charge in [0.25, 0.3) is 11.8 Å². The Morgan fingerprint density at radius 1 is 1.29 bits per heavy atom. The van der Waals surface area contributed by atoms with Crippen molar-refractivity contribution in [3.05, 3.63) is 24.3 Å². The number of carbonyl (C=O) groups is 3. The number of hydrogen-bond acceptors (Lipinski definition) is 5. The summed E-state index contributed by atoms with van der Waals surface area (Å²) in [5, 5.41) is 8.01. The highest BCUT2D eigenvalue weighted by atomic mass is 16.7. The number of hydroxylamine groups is 2. The van der Waals surface area contributed by atoms with Crippen LogP contribution in [0.3, 0.4) is 0 Å². The van der Waals surface area contributed by atoms with Gasteiger partial charge >= 0.3 is 5.97 Å². The molecule has 2 aliphatic rings. The summed E-state index contributed by atoms with van der Waals surface area (Å²) in [5.74, 6) is -2.70. The van der Waals surface area contributed by atoms with E-state index >= 15 is 0 Å². The molecule has 1 unspecified atom stereocenters. The van der Waals surface area contributed by atoms with Crippen LogP contribution in [0, 0.1) is 11.3 Å². The van der Waals surface area contributed by atoms with E-state index in [2.05, 4.69) is 0 Å². The fourth-order valence-electron chi connectivity index (χ4n) is 1.55. The Hall–Kier alpha value is -2.24. The second kappa shape index (κ2) is 4.32. The van der Waals surface area contributed by atoms with Gasteiger partial charge in [0.1, 0.15) is 5.92 Å². The molecule has 0 radical (unpaired) electrons. The Kier molecular flexibility index (Phi) is 2.86. The lowest BCUT2D eigenvalue weighted by Gasteiger charge is -2.17. The maximum absolute atomic E-state index is 11.7. The van der Waals surface area contributed by atoms with Gasteiger partial charge in [-0.1, -0.05) is 18.2 Å². The molecule has 1 heterocycles. The topological polar surface area (TPSA) is 87.5 Å². The number of hydrogen-bond donors (Lipinski definition) is 1. The third-order valence-electron chi connectivity index (χ3n) is 2.47. The zero-order chi connectivity index (χ0) is 12.4. The average molecular weight is 234 g/mol. The summed E-state index contributed by atoms with van der Waals surface area (Å²) in [5.41, 5.74) is 0.0663. The van der Waals surface area contributed by atoms with Crippen LogP contribution in [-0.4, -0.2) is 28.6 Å². The number of carbonyl (C=O) groups excluding carboxylic acids is 3. The van der Waals surface area contributed by atoms with E-state index in [0.29, 0.717) is 5.06 Å². The molecule has 88 valence electrons. The van der Waals surface area contributed by atoms with E-state index in [-0.39, 0.29) is 18.6 Å². The van der Waals surface area contributed by atoms with Crippen LogP contribution in [0.1, 0.15) is 12.8 Å². The molecule has 1 atom stereocenters. The third-order valence-corrected chi connectivity index (χ3v) is 2.47. The number of nitrogens with one attached hydrogen (secondary N) is 1. The van der Waals surface area contributed by atoms with Gasteiger partial charge in [-0.05, 0) is 6.08 Å². The highest BCUT2D eigenvalue weighted by molar-refractivity contribution is 6.10. The summed E-state index contributed by atoms with van der Waals surface area (Å²) >= 11 is 0. The lowest BCUT2D eigenvalue weighted by Crippen LogP contribution is -2.36. The largest absolute Gasteiger partial charge is 0.345 e. The Bertz CT molecular complexity index is 448. The molecule has 2 amide bonds. The zero-order valence-corrected chi connectivity index (χ0v) is 8.88. The molecular formula is C11H10N2O4. The molecular weight excluding hydrogens is 224 g/mol. The fourth-order valence-corrected chi connectivity index (χ4v) is 1.55. The molecule has 6 heteroatoms. The van der Waals surface area contributed by atoms with E-state index in [4.69, 9.17) is 10.2 Å². The normalized spacial score (nSPS) is 23.4. The van der Waals surface area contributed by atoms with Gasteiger partial charge in [-0.15, -0.1) is 5.06 Å². The molecule has 0 aromatic heterocycles. The summed E-state index contributed by atoms with van der Waals surface area (Å²) in [6, 6.07) is 0. The minimum atomic E-state index is -0.860. The van der Waals surface area contributed by atoms with Crippen LogP contribution in [0.4, 0.5) is 0 Å². The molecule has 1 aliphatic carbocycles. The van der Waals surface area contributed by atoms with E-state index in [0.717, 1.165) is 0 Å². The van der Waals surface area contributed by atoms with E-state index < -0.39 is 23.7 Å². The van der Waals surface area contributed by atoms with Crippen LogP contribution >= 0.6 is 0 Å². The highest BCUT2D eigenvalue weighted by Crippen LogP contribution is 2.16. The van der Waals surface area contributed by atoms with E-state index in [1.165, 1.54) is 12.2 Å². The monoisotopic (exact) mass is 234 g/mol. The number of amides is 2. The Morgan fingerprint density at radius 2 is 1.94 bits per heavy atom. The van der Waals surface area contributed by atoms with Crippen LogP contribution in [0.15, 0.2) is 24.3 Å². The molecule has 1 saturated heterocycles. The maximum Gasteiger partial charge on any atom is 0.345 e. The van der Waals surface area contributed by atoms with Crippen molar-refractivity contribution in [3.63, 3.8) is 0 Å². The molecule has 1 N–H and O–H groups in total. The highest BCUT2D eigenvalue weighted by Gasteiger charge is 2.35. The van der Waals surface area contributed by atoms with Gasteiger partial charge in [0.15, 0.2) is 0 Å².